The van der Waals surface area contributed by atoms with Crippen molar-refractivity contribution in [2.45, 2.75) is 44.2 Å². The van der Waals surface area contributed by atoms with Gasteiger partial charge in [-0.3, -0.25) is 4.90 Å². The molecule has 0 aromatic heterocycles. The van der Waals surface area contributed by atoms with Gasteiger partial charge in [-0.1, -0.05) is 12.8 Å². The van der Waals surface area contributed by atoms with Crippen molar-refractivity contribution in [3.8, 4) is 0 Å². The van der Waals surface area contributed by atoms with Gasteiger partial charge in [-0.25, -0.2) is 0 Å². The summed E-state index contributed by atoms with van der Waals surface area (Å²) < 4.78 is 0. The predicted molar refractivity (Wildman–Crippen MR) is 53.4 cm³/mol. The van der Waals surface area contributed by atoms with Gasteiger partial charge >= 0.3 is 0 Å². The highest BCUT2D eigenvalue weighted by Gasteiger charge is 2.49. The van der Waals surface area contributed by atoms with Crippen molar-refractivity contribution in [2.75, 3.05) is 13.1 Å². The van der Waals surface area contributed by atoms with Crippen molar-refractivity contribution in [3.05, 3.63) is 0 Å². The number of hydrogen-bond acceptors (Lipinski definition) is 2. The van der Waals surface area contributed by atoms with Gasteiger partial charge in [-0.05, 0) is 31.1 Å². The van der Waals surface area contributed by atoms with Crippen LogP contribution in [0.1, 0.15) is 32.1 Å². The van der Waals surface area contributed by atoms with Gasteiger partial charge in [0.2, 0.25) is 0 Å². The summed E-state index contributed by atoms with van der Waals surface area (Å²) in [5.41, 5.74) is 5.75. The van der Waals surface area contributed by atoms with Gasteiger partial charge in [0.25, 0.3) is 0 Å². The van der Waals surface area contributed by atoms with Gasteiger partial charge < -0.3 is 5.73 Å². The Hall–Kier alpha value is -0.0800. The molecule has 3 aliphatic rings. The Balaban J connectivity index is 1.64. The lowest BCUT2D eigenvalue weighted by molar-refractivity contribution is 0.0215. The zero-order valence-electron chi connectivity index (χ0n) is 8.28. The Labute approximate surface area is 80.5 Å². The second-order valence-corrected chi connectivity index (χ2v) is 5.07. The maximum atomic E-state index is 5.75. The van der Waals surface area contributed by atoms with Crippen LogP contribution in [0.5, 0.6) is 0 Å². The lowest BCUT2D eigenvalue weighted by atomic mass is 9.89. The molecular formula is C11H20N2. The van der Waals surface area contributed by atoms with Crippen molar-refractivity contribution in [3.63, 3.8) is 0 Å². The Morgan fingerprint density at radius 2 is 2.15 bits per heavy atom. The van der Waals surface area contributed by atoms with E-state index >= 15 is 0 Å². The number of rotatable bonds is 2. The van der Waals surface area contributed by atoms with Crippen LogP contribution in [0.2, 0.25) is 0 Å². The summed E-state index contributed by atoms with van der Waals surface area (Å²) in [5.74, 6) is 2.18. The van der Waals surface area contributed by atoms with Crippen molar-refractivity contribution in [1.29, 1.82) is 0 Å². The van der Waals surface area contributed by atoms with Gasteiger partial charge in [-0.2, -0.15) is 0 Å². The molecule has 4 atom stereocenters. The summed E-state index contributed by atoms with van der Waals surface area (Å²) in [5, 5.41) is 0. The predicted octanol–water partition coefficient (Wildman–Crippen LogP) is 1.21. The fourth-order valence-corrected chi connectivity index (χ4v) is 3.44. The molecule has 1 saturated heterocycles. The molecule has 2 N–H and O–H groups in total. The molecule has 0 aromatic rings. The fraction of sp³-hybridized carbons (Fsp3) is 1.00. The van der Waals surface area contributed by atoms with Crippen molar-refractivity contribution < 1.29 is 0 Å². The first-order valence-electron chi connectivity index (χ1n) is 5.86. The van der Waals surface area contributed by atoms with E-state index < -0.39 is 0 Å². The molecule has 1 aliphatic heterocycles. The van der Waals surface area contributed by atoms with E-state index in [2.05, 4.69) is 4.90 Å². The number of fused-ring (bicyclic) bond motifs is 1. The molecule has 74 valence electrons. The van der Waals surface area contributed by atoms with Gasteiger partial charge in [0.15, 0.2) is 0 Å². The molecule has 0 bridgehead atoms. The van der Waals surface area contributed by atoms with Crippen LogP contribution in [-0.4, -0.2) is 30.1 Å². The van der Waals surface area contributed by atoms with Crippen LogP contribution in [0.25, 0.3) is 0 Å². The average molecular weight is 180 g/mol. The van der Waals surface area contributed by atoms with Gasteiger partial charge in [0, 0.05) is 25.2 Å². The summed E-state index contributed by atoms with van der Waals surface area (Å²) in [4.78, 5) is 2.70. The van der Waals surface area contributed by atoms with Crippen LogP contribution in [0, 0.1) is 11.8 Å². The third-order valence-corrected chi connectivity index (χ3v) is 4.43. The second-order valence-electron chi connectivity index (χ2n) is 5.07. The number of likely N-dealkylation sites (tertiary alicyclic amines) is 1. The summed E-state index contributed by atoms with van der Waals surface area (Å²) >= 11 is 0. The minimum atomic E-state index is 0.740. The maximum absolute atomic E-state index is 5.75. The minimum Gasteiger partial charge on any atom is -0.329 e. The topological polar surface area (TPSA) is 29.3 Å². The zero-order valence-corrected chi connectivity index (χ0v) is 8.28. The first kappa shape index (κ1) is 8.25. The van der Waals surface area contributed by atoms with Crippen LogP contribution in [0.4, 0.5) is 0 Å². The summed E-state index contributed by atoms with van der Waals surface area (Å²) in [6, 6.07) is 1.67. The van der Waals surface area contributed by atoms with E-state index in [4.69, 9.17) is 5.73 Å². The normalized spacial score (nSPS) is 49.6. The Kier molecular flexibility index (Phi) is 1.88. The molecule has 2 heteroatoms. The first-order chi connectivity index (χ1) is 6.40. The Morgan fingerprint density at radius 1 is 1.23 bits per heavy atom. The third kappa shape index (κ3) is 1.23. The number of hydrogen-bond donors (Lipinski definition) is 1. The number of nitrogens with two attached hydrogens (primary N) is 1. The van der Waals surface area contributed by atoms with Gasteiger partial charge in [-0.15, -0.1) is 0 Å². The van der Waals surface area contributed by atoms with Crippen molar-refractivity contribution >= 4 is 0 Å². The molecule has 2 saturated carbocycles. The summed E-state index contributed by atoms with van der Waals surface area (Å²) in [7, 11) is 0. The van der Waals surface area contributed by atoms with Crippen LogP contribution >= 0.6 is 0 Å². The highest BCUT2D eigenvalue weighted by Crippen LogP contribution is 2.52. The quantitative estimate of drug-likeness (QED) is 0.692. The van der Waals surface area contributed by atoms with Crippen LogP contribution in [0.3, 0.4) is 0 Å². The average Bonchev–Trinajstić information content (AvgIpc) is 2.82. The van der Waals surface area contributed by atoms with E-state index in [1.54, 1.807) is 0 Å². The van der Waals surface area contributed by atoms with Gasteiger partial charge in [0.05, 0.1) is 0 Å². The molecule has 0 spiro atoms. The molecule has 3 fully saturated rings. The van der Waals surface area contributed by atoms with Crippen LogP contribution in [-0.2, 0) is 0 Å². The molecule has 2 aliphatic carbocycles. The van der Waals surface area contributed by atoms with E-state index in [9.17, 15) is 0 Å². The number of nitrogens with zero attached hydrogens (tertiary/aromatic N) is 1. The SMILES string of the molecule is NCC1CCN1C1CCCC2CC21. The highest BCUT2D eigenvalue weighted by atomic mass is 15.3. The molecule has 2 nitrogen and oxygen atoms in total. The molecule has 3 rings (SSSR count). The summed E-state index contributed by atoms with van der Waals surface area (Å²) in [6.07, 6.45) is 7.32. The van der Waals surface area contributed by atoms with E-state index in [-0.39, 0.29) is 0 Å². The van der Waals surface area contributed by atoms with Crippen molar-refractivity contribution in [2.24, 2.45) is 17.6 Å². The van der Waals surface area contributed by atoms with Gasteiger partial charge in [0.1, 0.15) is 0 Å². The zero-order chi connectivity index (χ0) is 8.84. The Morgan fingerprint density at radius 3 is 2.85 bits per heavy atom. The molecular weight excluding hydrogens is 160 g/mol. The van der Waals surface area contributed by atoms with E-state index in [0.29, 0.717) is 0 Å². The lowest BCUT2D eigenvalue weighted by Crippen LogP contribution is -2.57. The molecule has 13 heavy (non-hydrogen) atoms. The largest absolute Gasteiger partial charge is 0.329 e. The smallest absolute Gasteiger partial charge is 0.0233 e. The first-order valence-corrected chi connectivity index (χ1v) is 5.86. The molecule has 1 heterocycles. The Bertz CT molecular complexity index is 202. The molecule has 4 unspecified atom stereocenters. The molecule has 0 radical (unpaired) electrons. The van der Waals surface area contributed by atoms with E-state index in [1.807, 2.05) is 0 Å². The minimum absolute atomic E-state index is 0.740. The van der Waals surface area contributed by atoms with Crippen LogP contribution in [0.15, 0.2) is 0 Å². The standard InChI is InChI=1S/C11H20N2/c12-7-9-4-5-13(9)11-3-1-2-8-6-10(8)11/h8-11H,1-7,12H2. The molecule has 0 aromatic carbocycles. The van der Waals surface area contributed by atoms with E-state index in [0.717, 1.165) is 30.5 Å². The van der Waals surface area contributed by atoms with E-state index in [1.165, 1.54) is 38.6 Å². The summed E-state index contributed by atoms with van der Waals surface area (Å²) in [6.45, 7) is 2.21. The van der Waals surface area contributed by atoms with Crippen molar-refractivity contribution in [1.82, 2.24) is 4.90 Å². The highest BCUT2D eigenvalue weighted by molar-refractivity contribution is 5.02. The van der Waals surface area contributed by atoms with Crippen LogP contribution < -0.4 is 5.73 Å². The third-order valence-electron chi connectivity index (χ3n) is 4.43. The monoisotopic (exact) mass is 180 g/mol. The fourth-order valence-electron chi connectivity index (χ4n) is 3.44. The molecule has 0 amide bonds. The maximum Gasteiger partial charge on any atom is 0.0233 e. The lowest BCUT2D eigenvalue weighted by Gasteiger charge is -2.47. The second kappa shape index (κ2) is 2.96.